The van der Waals surface area contributed by atoms with E-state index in [0.717, 1.165) is 19.6 Å². The molecule has 7 nitrogen and oxygen atoms in total. The lowest BCUT2D eigenvalue weighted by molar-refractivity contribution is -0.147. The minimum absolute atomic E-state index is 0.226. The minimum atomic E-state index is -1.26. The summed E-state index contributed by atoms with van der Waals surface area (Å²) in [6, 6.07) is 4.45. The molecule has 0 aliphatic carbocycles. The highest BCUT2D eigenvalue weighted by molar-refractivity contribution is 6.34. The summed E-state index contributed by atoms with van der Waals surface area (Å²) in [6.07, 6.45) is 0. The van der Waals surface area contributed by atoms with Crippen molar-refractivity contribution < 1.29 is 19.1 Å². The van der Waals surface area contributed by atoms with Crippen LogP contribution in [0.4, 0.5) is 5.69 Å². The summed E-state index contributed by atoms with van der Waals surface area (Å²) in [4.78, 5) is 41.4. The second-order valence-corrected chi connectivity index (χ2v) is 7.40. The van der Waals surface area contributed by atoms with Gasteiger partial charge in [-0.15, -0.1) is 0 Å². The van der Waals surface area contributed by atoms with E-state index in [-0.39, 0.29) is 22.2 Å². The number of likely N-dealkylation sites (N-methyl/N-ethyl adjacent to an activating group) is 1. The van der Waals surface area contributed by atoms with Gasteiger partial charge in [-0.05, 0) is 38.6 Å². The highest BCUT2D eigenvalue weighted by Crippen LogP contribution is 2.27. The van der Waals surface area contributed by atoms with Gasteiger partial charge in [-0.2, -0.15) is 0 Å². The first-order valence-corrected chi connectivity index (χ1v) is 9.29. The number of rotatable bonds is 5. The van der Waals surface area contributed by atoms with E-state index in [1.165, 1.54) is 25.3 Å². The number of methoxy groups -OCH3 is 1. The molecule has 0 unspecified atom stereocenters. The Morgan fingerprint density at radius 1 is 1.19 bits per heavy atom. The molecule has 0 spiro atoms. The summed E-state index contributed by atoms with van der Waals surface area (Å²) < 4.78 is 4.68. The summed E-state index contributed by atoms with van der Waals surface area (Å²) in [5.74, 6) is -1.24. The number of amides is 2. The molecule has 1 saturated heterocycles. The highest BCUT2D eigenvalue weighted by atomic mass is 35.5. The molecular formula is C19H26ClN3O4. The fourth-order valence-corrected chi connectivity index (χ4v) is 3.07. The van der Waals surface area contributed by atoms with E-state index >= 15 is 0 Å². The molecule has 2 rings (SSSR count). The largest absolute Gasteiger partial charge is 0.465 e. The van der Waals surface area contributed by atoms with Crippen LogP contribution < -0.4 is 5.32 Å². The van der Waals surface area contributed by atoms with Crippen LogP contribution in [0.15, 0.2) is 18.2 Å². The van der Waals surface area contributed by atoms with Crippen molar-refractivity contribution in [1.82, 2.24) is 9.80 Å². The third kappa shape index (κ3) is 4.78. The second-order valence-electron chi connectivity index (χ2n) is 6.99. The molecule has 1 aliphatic heterocycles. The summed E-state index contributed by atoms with van der Waals surface area (Å²) in [5, 5.41) is 2.95. The Hall–Kier alpha value is -2.12. The lowest BCUT2D eigenvalue weighted by Gasteiger charge is -2.37. The zero-order chi connectivity index (χ0) is 20.2. The normalized spacial score (nSPS) is 15.4. The maximum absolute atomic E-state index is 12.9. The molecular weight excluding hydrogens is 370 g/mol. The van der Waals surface area contributed by atoms with Crippen molar-refractivity contribution in [2.24, 2.45) is 5.41 Å². The SMILES string of the molecule is CCN1CCN(C(=O)C(C)(C)C(=O)Nc2cc(C(=O)OC)ccc2Cl)CC1. The molecule has 0 atom stereocenters. The number of carbonyl (C=O) groups is 3. The van der Waals surface area contributed by atoms with E-state index < -0.39 is 17.3 Å². The fraction of sp³-hybridized carbons (Fsp3) is 0.526. The predicted octanol–water partition coefficient (Wildman–Crippen LogP) is 2.26. The highest BCUT2D eigenvalue weighted by Gasteiger charge is 2.40. The molecule has 8 heteroatoms. The van der Waals surface area contributed by atoms with Gasteiger partial charge in [-0.3, -0.25) is 9.59 Å². The molecule has 1 aromatic carbocycles. The molecule has 148 valence electrons. The zero-order valence-electron chi connectivity index (χ0n) is 16.2. The Kier molecular flexibility index (Phi) is 6.84. The van der Waals surface area contributed by atoms with Gasteiger partial charge in [0.1, 0.15) is 5.41 Å². The van der Waals surface area contributed by atoms with Crippen LogP contribution in [0.5, 0.6) is 0 Å². The molecule has 1 heterocycles. The van der Waals surface area contributed by atoms with Gasteiger partial charge in [0.15, 0.2) is 0 Å². The molecule has 1 fully saturated rings. The van der Waals surface area contributed by atoms with E-state index in [0.29, 0.717) is 13.1 Å². The Morgan fingerprint density at radius 3 is 2.37 bits per heavy atom. The number of hydrogen-bond donors (Lipinski definition) is 1. The van der Waals surface area contributed by atoms with Gasteiger partial charge in [-0.1, -0.05) is 18.5 Å². The first kappa shape index (κ1) is 21.2. The van der Waals surface area contributed by atoms with Crippen molar-refractivity contribution in [3.63, 3.8) is 0 Å². The van der Waals surface area contributed by atoms with Crippen molar-refractivity contribution in [2.45, 2.75) is 20.8 Å². The van der Waals surface area contributed by atoms with E-state index in [4.69, 9.17) is 11.6 Å². The maximum Gasteiger partial charge on any atom is 0.337 e. The van der Waals surface area contributed by atoms with Gasteiger partial charge in [-0.25, -0.2) is 4.79 Å². The van der Waals surface area contributed by atoms with Crippen LogP contribution in [0.3, 0.4) is 0 Å². The zero-order valence-corrected chi connectivity index (χ0v) is 16.9. The average Bonchev–Trinajstić information content (AvgIpc) is 2.68. The second kappa shape index (κ2) is 8.71. The molecule has 2 amide bonds. The number of esters is 1. The number of benzene rings is 1. The number of ether oxygens (including phenoxy) is 1. The number of halogens is 1. The molecule has 1 aliphatic rings. The minimum Gasteiger partial charge on any atom is -0.465 e. The smallest absolute Gasteiger partial charge is 0.337 e. The lowest BCUT2D eigenvalue weighted by Crippen LogP contribution is -2.54. The summed E-state index contributed by atoms with van der Waals surface area (Å²) in [7, 11) is 1.27. The van der Waals surface area contributed by atoms with Crippen LogP contribution in [0, 0.1) is 5.41 Å². The molecule has 1 aromatic rings. The van der Waals surface area contributed by atoms with Crippen molar-refractivity contribution in [2.75, 3.05) is 45.2 Å². The average molecular weight is 396 g/mol. The predicted molar refractivity (Wildman–Crippen MR) is 104 cm³/mol. The number of carbonyl (C=O) groups excluding carboxylic acids is 3. The summed E-state index contributed by atoms with van der Waals surface area (Å²) >= 11 is 6.13. The monoisotopic (exact) mass is 395 g/mol. The summed E-state index contributed by atoms with van der Waals surface area (Å²) in [5.41, 5.74) is -0.739. The Bertz CT molecular complexity index is 728. The van der Waals surface area contributed by atoms with Crippen molar-refractivity contribution in [3.8, 4) is 0 Å². The third-order valence-corrected chi connectivity index (χ3v) is 5.17. The van der Waals surface area contributed by atoms with Crippen molar-refractivity contribution in [1.29, 1.82) is 0 Å². The van der Waals surface area contributed by atoms with Gasteiger partial charge in [0.2, 0.25) is 11.8 Å². The van der Waals surface area contributed by atoms with Gasteiger partial charge in [0, 0.05) is 26.2 Å². The van der Waals surface area contributed by atoms with Gasteiger partial charge < -0.3 is 19.9 Å². The van der Waals surface area contributed by atoms with Gasteiger partial charge in [0.25, 0.3) is 0 Å². The first-order chi connectivity index (χ1) is 12.7. The van der Waals surface area contributed by atoms with Crippen LogP contribution in [-0.4, -0.2) is 67.4 Å². The van der Waals surface area contributed by atoms with E-state index in [1.54, 1.807) is 18.7 Å². The van der Waals surface area contributed by atoms with Crippen LogP contribution in [0.2, 0.25) is 5.02 Å². The molecule has 0 aromatic heterocycles. The number of anilines is 1. The quantitative estimate of drug-likeness (QED) is 0.611. The number of nitrogens with one attached hydrogen (secondary N) is 1. The van der Waals surface area contributed by atoms with Crippen LogP contribution in [0.25, 0.3) is 0 Å². The van der Waals surface area contributed by atoms with Gasteiger partial charge in [0.05, 0.1) is 23.4 Å². The molecule has 0 radical (unpaired) electrons. The standard InChI is InChI=1S/C19H26ClN3O4/c1-5-22-8-10-23(11-9-22)18(26)19(2,3)17(25)21-15-12-13(16(24)27-4)6-7-14(15)20/h6-7,12H,5,8-11H2,1-4H3,(H,21,25). The van der Waals surface area contributed by atoms with Crippen molar-refractivity contribution >= 4 is 35.1 Å². The molecule has 27 heavy (non-hydrogen) atoms. The first-order valence-electron chi connectivity index (χ1n) is 8.91. The Morgan fingerprint density at radius 2 is 1.81 bits per heavy atom. The maximum atomic E-state index is 12.9. The van der Waals surface area contributed by atoms with E-state index in [9.17, 15) is 14.4 Å². The third-order valence-electron chi connectivity index (χ3n) is 4.84. The molecule has 0 bridgehead atoms. The summed E-state index contributed by atoms with van der Waals surface area (Å²) in [6.45, 7) is 9.01. The Labute approximate surface area is 164 Å². The van der Waals surface area contributed by atoms with Crippen LogP contribution in [-0.2, 0) is 14.3 Å². The van der Waals surface area contributed by atoms with Crippen LogP contribution in [0.1, 0.15) is 31.1 Å². The topological polar surface area (TPSA) is 79.0 Å². The number of hydrogen-bond acceptors (Lipinski definition) is 5. The number of piperazine rings is 1. The molecule has 1 N–H and O–H groups in total. The number of nitrogens with zero attached hydrogens (tertiary/aromatic N) is 2. The van der Waals surface area contributed by atoms with Crippen molar-refractivity contribution in [3.05, 3.63) is 28.8 Å². The van der Waals surface area contributed by atoms with Crippen LogP contribution >= 0.6 is 11.6 Å². The fourth-order valence-electron chi connectivity index (χ4n) is 2.90. The van der Waals surface area contributed by atoms with E-state index in [1.807, 2.05) is 0 Å². The van der Waals surface area contributed by atoms with Gasteiger partial charge >= 0.3 is 5.97 Å². The van der Waals surface area contributed by atoms with E-state index in [2.05, 4.69) is 21.9 Å². The molecule has 0 saturated carbocycles. The Balaban J connectivity index is 2.12. The lowest BCUT2D eigenvalue weighted by atomic mass is 9.89.